The minimum atomic E-state index is 0.480. The van der Waals surface area contributed by atoms with Crippen molar-refractivity contribution in [2.45, 2.75) is 58.3 Å². The highest BCUT2D eigenvalue weighted by molar-refractivity contribution is 5.16. The molecule has 2 rings (SSSR count). The molecule has 2 aliphatic rings. The lowest BCUT2D eigenvalue weighted by atomic mass is 9.70. The van der Waals surface area contributed by atoms with Gasteiger partial charge in [0.15, 0.2) is 0 Å². The van der Waals surface area contributed by atoms with Crippen molar-refractivity contribution in [1.82, 2.24) is 0 Å². The Kier molecular flexibility index (Phi) is 2.61. The molecule has 1 nitrogen and oxygen atoms in total. The van der Waals surface area contributed by atoms with Crippen molar-refractivity contribution in [1.29, 1.82) is 0 Å². The van der Waals surface area contributed by atoms with Gasteiger partial charge in [-0.05, 0) is 19.3 Å². The van der Waals surface area contributed by atoms with E-state index < -0.39 is 0 Å². The summed E-state index contributed by atoms with van der Waals surface area (Å²) in [4.78, 5) is 0. The lowest BCUT2D eigenvalue weighted by Crippen LogP contribution is -2.23. The lowest BCUT2D eigenvalue weighted by Gasteiger charge is -2.33. The van der Waals surface area contributed by atoms with Gasteiger partial charge in [0.25, 0.3) is 0 Å². The van der Waals surface area contributed by atoms with E-state index in [1.165, 1.54) is 57.1 Å². The van der Waals surface area contributed by atoms with Gasteiger partial charge in [0, 0.05) is 5.41 Å². The standard InChI is InChI=1S/C12H20O/c1-2-3-7-12(11-10-13-11)8-5-4-6-9-12/h10H,2-9H2,1H3. The molecule has 0 unspecified atom stereocenters. The van der Waals surface area contributed by atoms with Crippen molar-refractivity contribution in [2.24, 2.45) is 5.41 Å². The molecule has 1 aliphatic carbocycles. The van der Waals surface area contributed by atoms with Crippen LogP contribution in [0.4, 0.5) is 0 Å². The molecule has 0 radical (unpaired) electrons. The van der Waals surface area contributed by atoms with Crippen LogP contribution < -0.4 is 0 Å². The van der Waals surface area contributed by atoms with Gasteiger partial charge in [-0.1, -0.05) is 39.0 Å². The summed E-state index contributed by atoms with van der Waals surface area (Å²) in [6.07, 6.45) is 13.0. The van der Waals surface area contributed by atoms with Crippen LogP contribution in [0.1, 0.15) is 58.3 Å². The van der Waals surface area contributed by atoms with E-state index in [1.807, 2.05) is 6.26 Å². The fraction of sp³-hybridized carbons (Fsp3) is 0.833. The smallest absolute Gasteiger partial charge is 0.144 e. The number of unbranched alkanes of at least 4 members (excludes halogenated alkanes) is 1. The SMILES string of the molecule is CCCCC1(C2=CO2)CCCCC1. The molecule has 0 aromatic heterocycles. The molecule has 0 saturated heterocycles. The third-order valence-electron chi connectivity index (χ3n) is 3.58. The van der Waals surface area contributed by atoms with E-state index in [4.69, 9.17) is 4.74 Å². The van der Waals surface area contributed by atoms with Gasteiger partial charge in [0.1, 0.15) is 12.0 Å². The Balaban J connectivity index is 1.96. The second kappa shape index (κ2) is 3.73. The van der Waals surface area contributed by atoms with Crippen molar-refractivity contribution in [2.75, 3.05) is 0 Å². The molecule has 0 N–H and O–H groups in total. The third kappa shape index (κ3) is 1.90. The van der Waals surface area contributed by atoms with E-state index in [0.717, 1.165) is 0 Å². The Hall–Kier alpha value is -0.460. The van der Waals surface area contributed by atoms with Crippen molar-refractivity contribution >= 4 is 0 Å². The molecule has 0 aromatic rings. The minimum absolute atomic E-state index is 0.480. The number of hydrogen-bond donors (Lipinski definition) is 0. The molecule has 1 aliphatic heterocycles. The topological polar surface area (TPSA) is 12.5 Å². The third-order valence-corrected chi connectivity index (χ3v) is 3.58. The van der Waals surface area contributed by atoms with Crippen LogP contribution in [0, 0.1) is 5.41 Å². The molecule has 0 bridgehead atoms. The van der Waals surface area contributed by atoms with Crippen molar-refractivity contribution in [3.63, 3.8) is 0 Å². The van der Waals surface area contributed by atoms with E-state index in [2.05, 4.69) is 6.92 Å². The Labute approximate surface area is 81.2 Å². The highest BCUT2D eigenvalue weighted by Crippen LogP contribution is 2.50. The van der Waals surface area contributed by atoms with Crippen LogP contribution in [-0.2, 0) is 4.74 Å². The molecule has 1 saturated carbocycles. The Morgan fingerprint density at radius 2 is 2.00 bits per heavy atom. The van der Waals surface area contributed by atoms with E-state index in [-0.39, 0.29) is 0 Å². The average molecular weight is 180 g/mol. The Morgan fingerprint density at radius 1 is 1.31 bits per heavy atom. The van der Waals surface area contributed by atoms with Crippen LogP contribution >= 0.6 is 0 Å². The zero-order valence-electron chi connectivity index (χ0n) is 8.64. The molecule has 1 heteroatoms. The predicted molar refractivity (Wildman–Crippen MR) is 54.2 cm³/mol. The summed E-state index contributed by atoms with van der Waals surface area (Å²) in [6.45, 7) is 2.28. The second-order valence-corrected chi connectivity index (χ2v) is 4.54. The van der Waals surface area contributed by atoms with Crippen molar-refractivity contribution in [3.05, 3.63) is 12.0 Å². The maximum absolute atomic E-state index is 5.34. The molecule has 13 heavy (non-hydrogen) atoms. The maximum atomic E-state index is 5.34. The number of ether oxygens (including phenoxy) is 1. The molecular formula is C12H20O. The molecule has 0 aromatic carbocycles. The van der Waals surface area contributed by atoms with E-state index in [0.29, 0.717) is 5.41 Å². The molecular weight excluding hydrogens is 160 g/mol. The van der Waals surface area contributed by atoms with Crippen LogP contribution in [0.15, 0.2) is 12.0 Å². The Bertz CT molecular complexity index is 199. The lowest BCUT2D eigenvalue weighted by molar-refractivity contribution is 0.182. The zero-order chi connectivity index (χ0) is 9.15. The summed E-state index contributed by atoms with van der Waals surface area (Å²) >= 11 is 0. The first-order valence-electron chi connectivity index (χ1n) is 5.75. The highest BCUT2D eigenvalue weighted by atomic mass is 16.5. The van der Waals surface area contributed by atoms with Gasteiger partial charge in [-0.25, -0.2) is 0 Å². The molecule has 1 fully saturated rings. The minimum Gasteiger partial charge on any atom is -0.462 e. The van der Waals surface area contributed by atoms with Gasteiger partial charge < -0.3 is 4.74 Å². The van der Waals surface area contributed by atoms with Gasteiger partial charge in [0.2, 0.25) is 0 Å². The predicted octanol–water partition coefficient (Wildman–Crippen LogP) is 4.00. The second-order valence-electron chi connectivity index (χ2n) is 4.54. The van der Waals surface area contributed by atoms with E-state index in [1.54, 1.807) is 0 Å². The van der Waals surface area contributed by atoms with Gasteiger partial charge in [-0.3, -0.25) is 0 Å². The number of allylic oxidation sites excluding steroid dienone is 1. The quantitative estimate of drug-likeness (QED) is 0.637. The van der Waals surface area contributed by atoms with E-state index in [9.17, 15) is 0 Å². The maximum Gasteiger partial charge on any atom is 0.144 e. The van der Waals surface area contributed by atoms with E-state index >= 15 is 0 Å². The normalized spacial score (nSPS) is 24.8. The monoisotopic (exact) mass is 180 g/mol. The summed E-state index contributed by atoms with van der Waals surface area (Å²) in [5.74, 6) is 1.32. The number of rotatable bonds is 4. The first-order valence-corrected chi connectivity index (χ1v) is 5.75. The fourth-order valence-corrected chi connectivity index (χ4v) is 2.64. The fourth-order valence-electron chi connectivity index (χ4n) is 2.64. The molecule has 0 spiro atoms. The van der Waals surface area contributed by atoms with Crippen LogP contribution in [0.2, 0.25) is 0 Å². The highest BCUT2D eigenvalue weighted by Gasteiger charge is 2.41. The van der Waals surface area contributed by atoms with Crippen LogP contribution in [-0.4, -0.2) is 0 Å². The van der Waals surface area contributed by atoms with Crippen LogP contribution in [0.25, 0.3) is 0 Å². The van der Waals surface area contributed by atoms with Crippen molar-refractivity contribution < 1.29 is 4.74 Å². The van der Waals surface area contributed by atoms with Gasteiger partial charge in [-0.2, -0.15) is 0 Å². The van der Waals surface area contributed by atoms with Gasteiger partial charge in [-0.15, -0.1) is 0 Å². The zero-order valence-corrected chi connectivity index (χ0v) is 8.64. The van der Waals surface area contributed by atoms with Crippen molar-refractivity contribution in [3.8, 4) is 0 Å². The summed E-state index contributed by atoms with van der Waals surface area (Å²) in [5, 5.41) is 0. The molecule has 0 atom stereocenters. The first-order chi connectivity index (χ1) is 6.37. The largest absolute Gasteiger partial charge is 0.462 e. The summed E-state index contributed by atoms with van der Waals surface area (Å²) in [7, 11) is 0. The first kappa shape index (κ1) is 9.11. The molecule has 74 valence electrons. The molecule has 0 amide bonds. The summed E-state index contributed by atoms with van der Waals surface area (Å²) in [6, 6.07) is 0. The Morgan fingerprint density at radius 3 is 2.54 bits per heavy atom. The van der Waals surface area contributed by atoms with Gasteiger partial charge in [0.05, 0.1) is 0 Å². The summed E-state index contributed by atoms with van der Waals surface area (Å²) < 4.78 is 5.34. The average Bonchev–Trinajstić information content (AvgIpc) is 3.00. The number of hydrogen-bond acceptors (Lipinski definition) is 1. The van der Waals surface area contributed by atoms with Gasteiger partial charge >= 0.3 is 0 Å². The van der Waals surface area contributed by atoms with Crippen LogP contribution in [0.5, 0.6) is 0 Å². The summed E-state index contributed by atoms with van der Waals surface area (Å²) in [5.41, 5.74) is 0.480. The molecule has 1 heterocycles. The van der Waals surface area contributed by atoms with Crippen LogP contribution in [0.3, 0.4) is 0 Å².